The normalized spacial score (nSPS) is 11.2. The lowest BCUT2D eigenvalue weighted by Gasteiger charge is -2.09. The summed E-state index contributed by atoms with van der Waals surface area (Å²) in [6.45, 7) is 4.15. The quantitative estimate of drug-likeness (QED) is 0.361. The molecule has 7 nitrogen and oxygen atoms in total. The third-order valence-corrected chi connectivity index (χ3v) is 6.89. The molecule has 0 bridgehead atoms. The van der Waals surface area contributed by atoms with Gasteiger partial charge in [-0.15, -0.1) is 21.5 Å². The lowest BCUT2D eigenvalue weighted by Crippen LogP contribution is -2.14. The van der Waals surface area contributed by atoms with Crippen LogP contribution in [0.1, 0.15) is 11.1 Å². The number of hydrogen-bond acceptors (Lipinski definition) is 6. The van der Waals surface area contributed by atoms with Gasteiger partial charge in [-0.2, -0.15) is 0 Å². The van der Waals surface area contributed by atoms with E-state index >= 15 is 0 Å². The summed E-state index contributed by atoms with van der Waals surface area (Å²) < 4.78 is 3.90. The van der Waals surface area contributed by atoms with Gasteiger partial charge in [-0.05, 0) is 49.2 Å². The summed E-state index contributed by atoms with van der Waals surface area (Å²) in [5.74, 6) is 0.141. The molecule has 160 valence electrons. The molecule has 1 N–H and O–H groups in total. The second-order valence-corrected chi connectivity index (χ2v) is 9.20. The van der Waals surface area contributed by atoms with Crippen molar-refractivity contribution in [1.29, 1.82) is 0 Å². The summed E-state index contributed by atoms with van der Waals surface area (Å²) in [5.41, 5.74) is 6.08. The molecule has 32 heavy (non-hydrogen) atoms. The van der Waals surface area contributed by atoms with Crippen LogP contribution >= 0.6 is 23.1 Å². The van der Waals surface area contributed by atoms with E-state index in [2.05, 4.69) is 46.5 Å². The number of amides is 1. The fraction of sp³-hybridized carbons (Fsp3) is 0.130. The molecule has 0 aliphatic heterocycles. The Hall–Kier alpha value is -3.43. The number of benzene rings is 2. The van der Waals surface area contributed by atoms with Crippen LogP contribution in [0.2, 0.25) is 0 Å². The first kappa shape index (κ1) is 20.5. The highest BCUT2D eigenvalue weighted by molar-refractivity contribution is 7.99. The van der Waals surface area contributed by atoms with Crippen molar-refractivity contribution in [3.63, 3.8) is 0 Å². The summed E-state index contributed by atoms with van der Waals surface area (Å²) in [6.07, 6.45) is 5.66. The van der Waals surface area contributed by atoms with Crippen LogP contribution in [0, 0.1) is 13.8 Å². The molecule has 0 aliphatic carbocycles. The van der Waals surface area contributed by atoms with Crippen LogP contribution in [0.25, 0.3) is 21.9 Å². The number of carbonyl (C=O) groups is 1. The van der Waals surface area contributed by atoms with E-state index in [0.717, 1.165) is 27.6 Å². The number of hydrogen-bond donors (Lipinski definition) is 1. The van der Waals surface area contributed by atoms with Gasteiger partial charge in [-0.25, -0.2) is 4.98 Å². The smallest absolute Gasteiger partial charge is 0.234 e. The zero-order valence-electron chi connectivity index (χ0n) is 17.5. The van der Waals surface area contributed by atoms with Crippen molar-refractivity contribution in [2.75, 3.05) is 11.1 Å². The molecular formula is C23H20N6OS2. The predicted octanol–water partition coefficient (Wildman–Crippen LogP) is 4.99. The minimum absolute atomic E-state index is 0.0973. The van der Waals surface area contributed by atoms with Gasteiger partial charge in [0.2, 0.25) is 5.91 Å². The van der Waals surface area contributed by atoms with Gasteiger partial charge in [0.15, 0.2) is 10.1 Å². The molecule has 2 aromatic carbocycles. The van der Waals surface area contributed by atoms with Gasteiger partial charge in [0.1, 0.15) is 6.33 Å². The lowest BCUT2D eigenvalue weighted by atomic mass is 10.1. The Bertz CT molecular complexity index is 1370. The van der Waals surface area contributed by atoms with Crippen molar-refractivity contribution < 1.29 is 4.79 Å². The molecule has 0 aliphatic rings. The highest BCUT2D eigenvalue weighted by atomic mass is 32.2. The molecule has 0 fully saturated rings. The van der Waals surface area contributed by atoms with Crippen LogP contribution in [-0.4, -0.2) is 35.8 Å². The third-order valence-electron chi connectivity index (χ3n) is 5.18. The van der Waals surface area contributed by atoms with E-state index in [4.69, 9.17) is 0 Å². The number of carbonyl (C=O) groups excluding carboxylic acids is 1. The Morgan fingerprint density at radius 1 is 1.12 bits per heavy atom. The zero-order valence-corrected chi connectivity index (χ0v) is 19.2. The van der Waals surface area contributed by atoms with Gasteiger partial charge < -0.3 is 5.32 Å². The average Bonchev–Trinajstić information content (AvgIpc) is 3.51. The Labute approximate surface area is 193 Å². The minimum atomic E-state index is -0.0973. The van der Waals surface area contributed by atoms with E-state index in [-0.39, 0.29) is 11.7 Å². The number of aromatic nitrogens is 5. The zero-order chi connectivity index (χ0) is 22.1. The number of rotatable bonds is 6. The molecule has 0 atom stereocenters. The fourth-order valence-corrected chi connectivity index (χ4v) is 4.72. The van der Waals surface area contributed by atoms with Crippen LogP contribution in [0.15, 0.2) is 71.7 Å². The molecule has 0 saturated carbocycles. The number of nitrogens with one attached hydrogen (secondary N) is 1. The molecular weight excluding hydrogens is 440 g/mol. The number of aryl methyl sites for hydroxylation is 2. The van der Waals surface area contributed by atoms with Crippen molar-refractivity contribution in [3.05, 3.63) is 77.7 Å². The van der Waals surface area contributed by atoms with E-state index in [1.54, 1.807) is 17.7 Å². The maximum atomic E-state index is 12.5. The Morgan fingerprint density at radius 3 is 2.75 bits per heavy atom. The maximum absolute atomic E-state index is 12.5. The number of thiazole rings is 1. The number of imidazole rings is 1. The van der Waals surface area contributed by atoms with Crippen molar-refractivity contribution in [2.45, 2.75) is 19.0 Å². The van der Waals surface area contributed by atoms with Crippen LogP contribution in [-0.2, 0) is 4.79 Å². The summed E-state index contributed by atoms with van der Waals surface area (Å²) in [4.78, 5) is 18.1. The van der Waals surface area contributed by atoms with Gasteiger partial charge in [-0.3, -0.25) is 13.8 Å². The van der Waals surface area contributed by atoms with E-state index in [0.29, 0.717) is 5.16 Å². The van der Waals surface area contributed by atoms with Crippen LogP contribution < -0.4 is 5.32 Å². The Balaban J connectivity index is 1.22. The number of nitrogens with zero attached hydrogens (tertiary/aromatic N) is 5. The molecule has 0 unspecified atom stereocenters. The van der Waals surface area contributed by atoms with E-state index in [1.165, 1.54) is 22.9 Å². The predicted molar refractivity (Wildman–Crippen MR) is 129 cm³/mol. The Morgan fingerprint density at radius 2 is 1.97 bits per heavy atom. The highest BCUT2D eigenvalue weighted by Crippen LogP contribution is 2.24. The first-order valence-corrected chi connectivity index (χ1v) is 11.9. The number of thioether (sulfide) groups is 1. The summed E-state index contributed by atoms with van der Waals surface area (Å²) in [6, 6.07) is 13.9. The van der Waals surface area contributed by atoms with Crippen molar-refractivity contribution in [3.8, 4) is 16.9 Å². The molecule has 3 heterocycles. The SMILES string of the molecule is Cc1ccc(-n2cnnc2SCC(=O)Nc2ccc(-c3cn4ccsc4n3)cc2)cc1C. The van der Waals surface area contributed by atoms with E-state index < -0.39 is 0 Å². The minimum Gasteiger partial charge on any atom is -0.325 e. The van der Waals surface area contributed by atoms with Gasteiger partial charge in [0.25, 0.3) is 0 Å². The van der Waals surface area contributed by atoms with Crippen molar-refractivity contribution in [1.82, 2.24) is 24.1 Å². The highest BCUT2D eigenvalue weighted by Gasteiger charge is 2.12. The summed E-state index contributed by atoms with van der Waals surface area (Å²) in [5, 5.41) is 13.8. The van der Waals surface area contributed by atoms with Gasteiger partial charge in [0.05, 0.1) is 11.4 Å². The molecule has 5 rings (SSSR count). The third kappa shape index (κ3) is 4.17. The van der Waals surface area contributed by atoms with Crippen LogP contribution in [0.4, 0.5) is 5.69 Å². The van der Waals surface area contributed by atoms with E-state index in [1.807, 2.05) is 57.1 Å². The Kier molecular flexibility index (Phi) is 5.50. The van der Waals surface area contributed by atoms with Crippen molar-refractivity contribution >= 4 is 39.7 Å². The molecule has 0 radical (unpaired) electrons. The average molecular weight is 461 g/mol. The molecule has 1 amide bonds. The lowest BCUT2D eigenvalue weighted by molar-refractivity contribution is -0.113. The summed E-state index contributed by atoms with van der Waals surface area (Å²) >= 11 is 2.96. The van der Waals surface area contributed by atoms with Gasteiger partial charge in [0, 0.05) is 34.7 Å². The van der Waals surface area contributed by atoms with Crippen LogP contribution in [0.5, 0.6) is 0 Å². The van der Waals surface area contributed by atoms with Gasteiger partial charge in [-0.1, -0.05) is 30.0 Å². The van der Waals surface area contributed by atoms with Crippen LogP contribution in [0.3, 0.4) is 0 Å². The topological polar surface area (TPSA) is 77.1 Å². The molecule has 0 spiro atoms. The van der Waals surface area contributed by atoms with Gasteiger partial charge >= 0.3 is 0 Å². The van der Waals surface area contributed by atoms with Crippen molar-refractivity contribution in [2.24, 2.45) is 0 Å². The first-order chi connectivity index (χ1) is 15.6. The number of anilines is 1. The largest absolute Gasteiger partial charge is 0.325 e. The second kappa shape index (κ2) is 8.60. The maximum Gasteiger partial charge on any atom is 0.234 e. The second-order valence-electron chi connectivity index (χ2n) is 7.39. The molecule has 0 saturated heterocycles. The summed E-state index contributed by atoms with van der Waals surface area (Å²) in [7, 11) is 0. The fourth-order valence-electron chi connectivity index (χ4n) is 3.29. The standard InChI is InChI=1S/C23H20N6OS2/c1-15-3-8-19(11-16(15)2)29-14-24-27-23(29)32-13-21(30)25-18-6-4-17(5-7-18)20-12-28-9-10-31-22(28)26-20/h3-12,14H,13H2,1-2H3,(H,25,30). The molecule has 5 aromatic rings. The molecule has 9 heteroatoms. The van der Waals surface area contributed by atoms with E-state index in [9.17, 15) is 4.79 Å². The first-order valence-electron chi connectivity index (χ1n) is 10.00. The monoisotopic (exact) mass is 460 g/mol. The molecule has 3 aromatic heterocycles. The number of fused-ring (bicyclic) bond motifs is 1.